The molecular weight excluding hydrogens is 236 g/mol. The molecule has 2 aromatic rings. The Bertz CT molecular complexity index is 595. The Morgan fingerprint density at radius 2 is 2.26 bits per heavy atom. The third-order valence-corrected chi connectivity index (χ3v) is 3.10. The van der Waals surface area contributed by atoms with Gasteiger partial charge < -0.3 is 16.0 Å². The smallest absolute Gasteiger partial charge is 0.188 e. The van der Waals surface area contributed by atoms with Gasteiger partial charge in [0.1, 0.15) is 0 Å². The normalized spacial score (nSPS) is 11.7. The van der Waals surface area contributed by atoms with Crippen LogP contribution in [0.2, 0.25) is 0 Å². The summed E-state index contributed by atoms with van der Waals surface area (Å²) in [5, 5.41) is 4.24. The fraction of sp³-hybridized carbons (Fsp3) is 0.267. The van der Waals surface area contributed by atoms with Crippen LogP contribution in [0.5, 0.6) is 0 Å². The zero-order valence-electron chi connectivity index (χ0n) is 11.2. The third-order valence-electron chi connectivity index (χ3n) is 3.10. The molecule has 4 nitrogen and oxygen atoms in total. The number of nitrogens with two attached hydrogens (primary N) is 1. The van der Waals surface area contributed by atoms with Gasteiger partial charge in [0.2, 0.25) is 0 Å². The number of guanidine groups is 1. The number of nitrogens with one attached hydrogen (secondary N) is 2. The zero-order chi connectivity index (χ0) is 13.7. The van der Waals surface area contributed by atoms with Gasteiger partial charge >= 0.3 is 0 Å². The Morgan fingerprint density at radius 1 is 1.47 bits per heavy atom. The van der Waals surface area contributed by atoms with Crippen LogP contribution in [0, 0.1) is 6.92 Å². The molecule has 0 fully saturated rings. The standard InChI is InChI=1S/C15H20N4/c1-3-9-17-15(16)18-10-8-12-11(2)19-14-7-5-4-6-13(12)14/h3-7,19H,1,8-10H2,2H3,(H3,16,17,18). The number of para-hydroxylation sites is 1. The fourth-order valence-corrected chi connectivity index (χ4v) is 2.18. The molecule has 1 heterocycles. The first-order chi connectivity index (χ1) is 9.22. The van der Waals surface area contributed by atoms with Crippen molar-refractivity contribution in [3.05, 3.63) is 48.2 Å². The quantitative estimate of drug-likeness (QED) is 0.436. The summed E-state index contributed by atoms with van der Waals surface area (Å²) >= 11 is 0. The minimum atomic E-state index is 0.470. The molecule has 0 aliphatic carbocycles. The van der Waals surface area contributed by atoms with Crippen molar-refractivity contribution in [2.45, 2.75) is 13.3 Å². The molecule has 0 amide bonds. The molecule has 0 spiro atoms. The number of aliphatic imine (C=N–C) groups is 1. The van der Waals surface area contributed by atoms with Crippen LogP contribution >= 0.6 is 0 Å². The van der Waals surface area contributed by atoms with E-state index in [2.05, 4.69) is 47.0 Å². The molecule has 100 valence electrons. The van der Waals surface area contributed by atoms with E-state index in [4.69, 9.17) is 5.73 Å². The maximum atomic E-state index is 5.73. The summed E-state index contributed by atoms with van der Waals surface area (Å²) in [6.07, 6.45) is 2.64. The summed E-state index contributed by atoms with van der Waals surface area (Å²) in [4.78, 5) is 7.70. The summed E-state index contributed by atoms with van der Waals surface area (Å²) in [5.74, 6) is 0.470. The summed E-state index contributed by atoms with van der Waals surface area (Å²) < 4.78 is 0. The van der Waals surface area contributed by atoms with E-state index in [1.807, 2.05) is 6.07 Å². The molecular formula is C15H20N4. The van der Waals surface area contributed by atoms with Crippen LogP contribution in [0.1, 0.15) is 11.3 Å². The predicted octanol–water partition coefficient (Wildman–Crippen LogP) is 2.11. The number of aromatic nitrogens is 1. The lowest BCUT2D eigenvalue weighted by molar-refractivity contribution is 0.927. The lowest BCUT2D eigenvalue weighted by Crippen LogP contribution is -2.31. The molecule has 0 aliphatic heterocycles. The Morgan fingerprint density at radius 3 is 3.05 bits per heavy atom. The third kappa shape index (κ3) is 3.16. The fourth-order valence-electron chi connectivity index (χ4n) is 2.18. The predicted molar refractivity (Wildman–Crippen MR) is 81.4 cm³/mol. The van der Waals surface area contributed by atoms with Gasteiger partial charge in [-0.2, -0.15) is 0 Å². The van der Waals surface area contributed by atoms with E-state index < -0.39 is 0 Å². The van der Waals surface area contributed by atoms with E-state index in [9.17, 15) is 0 Å². The number of rotatable bonds is 5. The summed E-state index contributed by atoms with van der Waals surface area (Å²) in [5.41, 5.74) is 9.43. The van der Waals surface area contributed by atoms with Crippen molar-refractivity contribution in [3.8, 4) is 0 Å². The highest BCUT2D eigenvalue weighted by Crippen LogP contribution is 2.22. The molecule has 0 saturated carbocycles. The topological polar surface area (TPSA) is 66.2 Å². The van der Waals surface area contributed by atoms with Gasteiger partial charge in [-0.05, 0) is 25.0 Å². The van der Waals surface area contributed by atoms with Gasteiger partial charge in [-0.1, -0.05) is 24.3 Å². The maximum Gasteiger partial charge on any atom is 0.188 e. The number of aryl methyl sites for hydroxylation is 1. The van der Waals surface area contributed by atoms with Crippen molar-refractivity contribution >= 4 is 16.9 Å². The second-order valence-corrected chi connectivity index (χ2v) is 4.46. The van der Waals surface area contributed by atoms with Crippen LogP contribution in [0.4, 0.5) is 0 Å². The monoisotopic (exact) mass is 256 g/mol. The highest BCUT2D eigenvalue weighted by molar-refractivity contribution is 5.84. The van der Waals surface area contributed by atoms with Crippen LogP contribution < -0.4 is 11.1 Å². The molecule has 0 bridgehead atoms. The van der Waals surface area contributed by atoms with Crippen LogP contribution in [0.25, 0.3) is 10.9 Å². The Labute approximate surface area is 113 Å². The number of benzene rings is 1. The van der Waals surface area contributed by atoms with Crippen LogP contribution in [0.3, 0.4) is 0 Å². The van der Waals surface area contributed by atoms with Gasteiger partial charge in [0.05, 0.1) is 0 Å². The van der Waals surface area contributed by atoms with Crippen molar-refractivity contribution in [1.29, 1.82) is 0 Å². The number of nitrogens with zero attached hydrogens (tertiary/aromatic N) is 1. The number of H-pyrrole nitrogens is 1. The molecule has 1 aromatic carbocycles. The lowest BCUT2D eigenvalue weighted by atomic mass is 10.1. The number of hydrogen-bond donors (Lipinski definition) is 3. The molecule has 1 aromatic heterocycles. The lowest BCUT2D eigenvalue weighted by Gasteiger charge is -2.02. The van der Waals surface area contributed by atoms with Gasteiger partial charge in [-0.3, -0.25) is 4.99 Å². The van der Waals surface area contributed by atoms with E-state index in [0.29, 0.717) is 19.0 Å². The molecule has 19 heavy (non-hydrogen) atoms. The Balaban J connectivity index is 2.05. The van der Waals surface area contributed by atoms with Crippen LogP contribution in [-0.2, 0) is 6.42 Å². The summed E-state index contributed by atoms with van der Waals surface area (Å²) in [6, 6.07) is 8.33. The summed E-state index contributed by atoms with van der Waals surface area (Å²) in [6.45, 7) is 7.04. The number of hydrogen-bond acceptors (Lipinski definition) is 1. The molecule has 0 aliphatic rings. The molecule has 0 saturated heterocycles. The molecule has 0 unspecified atom stereocenters. The zero-order valence-corrected chi connectivity index (χ0v) is 11.2. The van der Waals surface area contributed by atoms with Crippen molar-refractivity contribution in [1.82, 2.24) is 10.3 Å². The molecule has 4 heteroatoms. The van der Waals surface area contributed by atoms with Crippen LogP contribution in [0.15, 0.2) is 41.9 Å². The highest BCUT2D eigenvalue weighted by Gasteiger charge is 2.06. The van der Waals surface area contributed by atoms with Crippen molar-refractivity contribution < 1.29 is 0 Å². The minimum Gasteiger partial charge on any atom is -0.370 e. The molecule has 2 rings (SSSR count). The SMILES string of the molecule is C=CCNC(N)=NCCc1c(C)[nH]c2ccccc12. The number of aromatic amines is 1. The van der Waals surface area contributed by atoms with E-state index in [1.165, 1.54) is 22.2 Å². The minimum absolute atomic E-state index is 0.470. The van der Waals surface area contributed by atoms with E-state index in [-0.39, 0.29) is 0 Å². The van der Waals surface area contributed by atoms with Crippen molar-refractivity contribution in [2.24, 2.45) is 10.7 Å². The first-order valence-corrected chi connectivity index (χ1v) is 6.43. The van der Waals surface area contributed by atoms with Gasteiger partial charge in [-0.15, -0.1) is 6.58 Å². The average Bonchev–Trinajstić information content (AvgIpc) is 2.73. The van der Waals surface area contributed by atoms with Crippen molar-refractivity contribution in [3.63, 3.8) is 0 Å². The van der Waals surface area contributed by atoms with E-state index in [1.54, 1.807) is 6.08 Å². The van der Waals surface area contributed by atoms with Crippen LogP contribution in [-0.4, -0.2) is 24.0 Å². The second kappa shape index (κ2) is 6.09. The average molecular weight is 256 g/mol. The van der Waals surface area contributed by atoms with E-state index >= 15 is 0 Å². The molecule has 0 radical (unpaired) electrons. The molecule has 4 N–H and O–H groups in total. The largest absolute Gasteiger partial charge is 0.370 e. The number of fused-ring (bicyclic) bond motifs is 1. The van der Waals surface area contributed by atoms with Gasteiger partial charge in [0, 0.05) is 29.7 Å². The Hall–Kier alpha value is -2.23. The second-order valence-electron chi connectivity index (χ2n) is 4.46. The maximum absolute atomic E-state index is 5.73. The van der Waals surface area contributed by atoms with Crippen molar-refractivity contribution in [2.75, 3.05) is 13.1 Å². The van der Waals surface area contributed by atoms with Gasteiger partial charge in [-0.25, -0.2) is 0 Å². The first-order valence-electron chi connectivity index (χ1n) is 6.43. The Kier molecular flexibility index (Phi) is 4.23. The molecule has 0 atom stereocenters. The van der Waals surface area contributed by atoms with Gasteiger partial charge in [0.15, 0.2) is 5.96 Å². The van der Waals surface area contributed by atoms with E-state index in [0.717, 1.165) is 6.42 Å². The first kappa shape index (κ1) is 13.2. The van der Waals surface area contributed by atoms with Gasteiger partial charge in [0.25, 0.3) is 0 Å². The highest BCUT2D eigenvalue weighted by atomic mass is 15.1. The summed E-state index contributed by atoms with van der Waals surface area (Å²) in [7, 11) is 0.